The number of rotatable bonds is 4. The van der Waals surface area contributed by atoms with Gasteiger partial charge in [-0.2, -0.15) is 5.10 Å². The first kappa shape index (κ1) is 16.9. The average molecular weight is 355 g/mol. The Morgan fingerprint density at radius 3 is 2.72 bits per heavy atom. The van der Waals surface area contributed by atoms with Crippen LogP contribution in [0, 0.1) is 6.92 Å². The van der Waals surface area contributed by atoms with Gasteiger partial charge in [0.1, 0.15) is 12.4 Å². The summed E-state index contributed by atoms with van der Waals surface area (Å²) < 4.78 is 1.10. The highest BCUT2D eigenvalue weighted by Gasteiger charge is 2.11. The number of aromatic nitrogens is 3. The van der Waals surface area contributed by atoms with E-state index in [9.17, 15) is 9.59 Å². The molecule has 2 heterocycles. The Hall–Kier alpha value is -2.99. The Balaban J connectivity index is 1.84. The molecule has 7 heteroatoms. The van der Waals surface area contributed by atoms with Crippen molar-refractivity contribution in [3.05, 3.63) is 75.7 Å². The Labute approximate surface area is 149 Å². The fourth-order valence-corrected chi connectivity index (χ4v) is 2.53. The van der Waals surface area contributed by atoms with E-state index >= 15 is 0 Å². The molecule has 0 aliphatic rings. The van der Waals surface area contributed by atoms with Crippen LogP contribution in [0.15, 0.2) is 59.5 Å². The molecule has 0 aliphatic carbocycles. The molecule has 0 aliphatic heterocycles. The molecule has 0 atom stereocenters. The van der Waals surface area contributed by atoms with Crippen LogP contribution in [0.4, 0.5) is 5.82 Å². The lowest BCUT2D eigenvalue weighted by atomic mass is 10.1. The van der Waals surface area contributed by atoms with Gasteiger partial charge in [0.15, 0.2) is 0 Å². The normalized spacial score (nSPS) is 10.5. The van der Waals surface area contributed by atoms with E-state index in [4.69, 9.17) is 11.6 Å². The quantitative estimate of drug-likeness (QED) is 0.781. The first-order chi connectivity index (χ1) is 12.0. The zero-order valence-electron chi connectivity index (χ0n) is 13.4. The Morgan fingerprint density at radius 2 is 1.96 bits per heavy atom. The Kier molecular flexibility index (Phi) is 4.90. The number of carbonyl (C=O) groups is 1. The van der Waals surface area contributed by atoms with Gasteiger partial charge in [-0.05, 0) is 30.7 Å². The van der Waals surface area contributed by atoms with Gasteiger partial charge in [-0.15, -0.1) is 0 Å². The number of halogens is 1. The van der Waals surface area contributed by atoms with Crippen molar-refractivity contribution in [2.45, 2.75) is 13.5 Å². The van der Waals surface area contributed by atoms with Crippen LogP contribution in [0.3, 0.4) is 0 Å². The van der Waals surface area contributed by atoms with Crippen molar-refractivity contribution >= 4 is 23.3 Å². The van der Waals surface area contributed by atoms with Gasteiger partial charge < -0.3 is 5.32 Å². The predicted molar refractivity (Wildman–Crippen MR) is 96.5 cm³/mol. The summed E-state index contributed by atoms with van der Waals surface area (Å²) in [5.41, 5.74) is 1.68. The third-order valence-electron chi connectivity index (χ3n) is 3.58. The topological polar surface area (TPSA) is 76.9 Å². The molecule has 1 amide bonds. The van der Waals surface area contributed by atoms with E-state index in [1.165, 1.54) is 6.07 Å². The Morgan fingerprint density at radius 1 is 1.16 bits per heavy atom. The second kappa shape index (κ2) is 7.27. The van der Waals surface area contributed by atoms with Crippen LogP contribution in [0.2, 0.25) is 5.02 Å². The summed E-state index contributed by atoms with van der Waals surface area (Å²) >= 11 is 6.17. The van der Waals surface area contributed by atoms with Gasteiger partial charge in [-0.25, -0.2) is 9.67 Å². The molecule has 0 bridgehead atoms. The molecule has 0 unspecified atom stereocenters. The molecule has 1 aromatic carbocycles. The van der Waals surface area contributed by atoms with Crippen molar-refractivity contribution in [2.75, 3.05) is 5.32 Å². The molecule has 0 saturated carbocycles. The highest BCUT2D eigenvalue weighted by molar-refractivity contribution is 6.33. The van der Waals surface area contributed by atoms with Crippen LogP contribution in [0.5, 0.6) is 0 Å². The van der Waals surface area contributed by atoms with E-state index in [-0.39, 0.29) is 18.0 Å². The number of aryl methyl sites for hydroxylation is 1. The lowest BCUT2D eigenvalue weighted by Gasteiger charge is -2.09. The van der Waals surface area contributed by atoms with Gasteiger partial charge in [0.05, 0.1) is 10.7 Å². The minimum absolute atomic E-state index is 0.215. The van der Waals surface area contributed by atoms with Gasteiger partial charge in [-0.3, -0.25) is 9.59 Å². The van der Waals surface area contributed by atoms with Gasteiger partial charge >= 0.3 is 0 Å². The highest BCUT2D eigenvalue weighted by Crippen LogP contribution is 2.24. The number of hydrogen-bond acceptors (Lipinski definition) is 4. The van der Waals surface area contributed by atoms with E-state index < -0.39 is 0 Å². The number of pyridine rings is 1. The number of amides is 1. The average Bonchev–Trinajstić information content (AvgIpc) is 2.59. The predicted octanol–water partition coefficient (Wildman–Crippen LogP) is 2.91. The molecule has 1 N–H and O–H groups in total. The molecule has 6 nitrogen and oxygen atoms in total. The summed E-state index contributed by atoms with van der Waals surface area (Å²) in [4.78, 5) is 28.3. The lowest BCUT2D eigenvalue weighted by molar-refractivity contribution is -0.117. The summed E-state index contributed by atoms with van der Waals surface area (Å²) in [5, 5.41) is 7.45. The van der Waals surface area contributed by atoms with Crippen molar-refractivity contribution in [3.63, 3.8) is 0 Å². The maximum absolute atomic E-state index is 12.2. The fraction of sp³-hybridized carbons (Fsp3) is 0.111. The maximum atomic E-state index is 12.2. The molecule has 0 saturated heterocycles. The zero-order valence-corrected chi connectivity index (χ0v) is 14.2. The summed E-state index contributed by atoms with van der Waals surface area (Å²) in [6.07, 6.45) is 1.59. The Bertz CT molecular complexity index is 985. The van der Waals surface area contributed by atoms with E-state index in [0.717, 1.165) is 10.2 Å². The van der Waals surface area contributed by atoms with Crippen LogP contribution in [-0.2, 0) is 11.3 Å². The highest BCUT2D eigenvalue weighted by atomic mass is 35.5. The third-order valence-corrected chi connectivity index (χ3v) is 3.91. The van der Waals surface area contributed by atoms with Crippen molar-refractivity contribution in [1.29, 1.82) is 0 Å². The van der Waals surface area contributed by atoms with Crippen molar-refractivity contribution in [2.24, 2.45) is 0 Å². The first-order valence-corrected chi connectivity index (χ1v) is 7.97. The molecular weight excluding hydrogens is 340 g/mol. The summed E-state index contributed by atoms with van der Waals surface area (Å²) in [5.74, 6) is 0.0792. The van der Waals surface area contributed by atoms with Crippen LogP contribution >= 0.6 is 11.6 Å². The van der Waals surface area contributed by atoms with E-state index in [0.29, 0.717) is 22.1 Å². The molecule has 25 heavy (non-hydrogen) atoms. The number of benzene rings is 1. The van der Waals surface area contributed by atoms with Gasteiger partial charge in [-0.1, -0.05) is 35.9 Å². The number of carbonyl (C=O) groups excluding carboxylic acids is 1. The summed E-state index contributed by atoms with van der Waals surface area (Å²) in [7, 11) is 0. The standard InChI is InChI=1S/C18H15ClN4O2/c1-12-5-4-10-20-18(12)21-16(24)11-23-17(25)9-8-15(22-23)13-6-2-3-7-14(13)19/h2-10H,11H2,1H3,(H,20,21,24). The minimum Gasteiger partial charge on any atom is -0.309 e. The van der Waals surface area contributed by atoms with E-state index in [1.54, 1.807) is 30.5 Å². The van der Waals surface area contributed by atoms with Gasteiger partial charge in [0, 0.05) is 17.8 Å². The van der Waals surface area contributed by atoms with Crippen LogP contribution in [0.25, 0.3) is 11.3 Å². The minimum atomic E-state index is -0.382. The number of anilines is 1. The number of nitrogens with zero attached hydrogens (tertiary/aromatic N) is 3. The molecular formula is C18H15ClN4O2. The van der Waals surface area contributed by atoms with E-state index in [2.05, 4.69) is 15.4 Å². The van der Waals surface area contributed by atoms with E-state index in [1.807, 2.05) is 25.1 Å². The van der Waals surface area contributed by atoms with Crippen LogP contribution < -0.4 is 10.9 Å². The lowest BCUT2D eigenvalue weighted by Crippen LogP contribution is -2.29. The zero-order chi connectivity index (χ0) is 17.8. The third kappa shape index (κ3) is 3.92. The number of nitrogens with one attached hydrogen (secondary N) is 1. The SMILES string of the molecule is Cc1cccnc1NC(=O)Cn1nc(-c2ccccc2Cl)ccc1=O. The first-order valence-electron chi connectivity index (χ1n) is 7.59. The van der Waals surface area contributed by atoms with Crippen LogP contribution in [0.1, 0.15) is 5.56 Å². The largest absolute Gasteiger partial charge is 0.309 e. The van der Waals surface area contributed by atoms with Gasteiger partial charge in [0.2, 0.25) is 5.91 Å². The fourth-order valence-electron chi connectivity index (χ4n) is 2.30. The molecule has 0 radical (unpaired) electrons. The van der Waals surface area contributed by atoms with Crippen molar-refractivity contribution in [1.82, 2.24) is 14.8 Å². The maximum Gasteiger partial charge on any atom is 0.267 e. The van der Waals surface area contributed by atoms with Crippen molar-refractivity contribution < 1.29 is 4.79 Å². The summed E-state index contributed by atoms with van der Waals surface area (Å²) in [6, 6.07) is 13.8. The second-order valence-corrected chi connectivity index (χ2v) is 5.82. The number of hydrogen-bond donors (Lipinski definition) is 1. The molecule has 3 rings (SSSR count). The molecule has 126 valence electrons. The van der Waals surface area contributed by atoms with Gasteiger partial charge in [0.25, 0.3) is 5.56 Å². The second-order valence-electron chi connectivity index (χ2n) is 5.41. The molecule has 0 spiro atoms. The molecule has 2 aromatic heterocycles. The van der Waals surface area contributed by atoms with Crippen LogP contribution in [-0.4, -0.2) is 20.7 Å². The summed E-state index contributed by atoms with van der Waals surface area (Å²) in [6.45, 7) is 1.62. The van der Waals surface area contributed by atoms with Crippen molar-refractivity contribution in [3.8, 4) is 11.3 Å². The monoisotopic (exact) mass is 354 g/mol. The smallest absolute Gasteiger partial charge is 0.267 e. The molecule has 0 fully saturated rings. The molecule has 3 aromatic rings.